The van der Waals surface area contributed by atoms with Gasteiger partial charge in [-0.25, -0.2) is 4.79 Å². The van der Waals surface area contributed by atoms with Crippen LogP contribution in [0.15, 0.2) is 139 Å². The maximum atomic E-state index is 14.8. The number of nitro groups is 1. The number of benzene rings is 4. The third-order valence-corrected chi connectivity index (χ3v) is 13.0. The molecule has 0 saturated heterocycles. The number of allylic oxidation sites excluding steroid dienone is 1. The summed E-state index contributed by atoms with van der Waals surface area (Å²) in [4.78, 5) is 47.0. The molecule has 14 nitrogen and oxygen atoms in total. The van der Waals surface area contributed by atoms with E-state index in [0.29, 0.717) is 48.6 Å². The fourth-order valence-corrected chi connectivity index (χ4v) is 10.0. The van der Waals surface area contributed by atoms with Gasteiger partial charge in [-0.15, -0.1) is 6.58 Å². The lowest BCUT2D eigenvalue weighted by Gasteiger charge is -2.60. The van der Waals surface area contributed by atoms with Crippen LogP contribution in [0.3, 0.4) is 0 Å². The number of fused-ring (bicyclic) bond motifs is 2. The van der Waals surface area contributed by atoms with Crippen molar-refractivity contribution in [2.75, 3.05) is 26.4 Å². The quantitative estimate of drug-likeness (QED) is 0.0213. The summed E-state index contributed by atoms with van der Waals surface area (Å²) in [5, 5.41) is 39.1. The molecule has 4 aromatic rings. The number of non-ortho nitro benzene ring substituents is 1. The number of rotatable bonds is 23. The first kappa shape index (κ1) is 49.3. The Kier molecular flexibility index (Phi) is 17.3. The van der Waals surface area contributed by atoms with Crippen LogP contribution in [0.1, 0.15) is 86.5 Å². The lowest BCUT2D eigenvalue weighted by atomic mass is 9.55. The molecule has 3 N–H and O–H groups in total. The minimum Gasteiger partial charge on any atom is -0.459 e. The van der Waals surface area contributed by atoms with E-state index in [1.165, 1.54) is 18.2 Å². The normalized spacial score (nSPS) is 22.0. The van der Waals surface area contributed by atoms with Crippen LogP contribution < -0.4 is 14.8 Å². The van der Waals surface area contributed by atoms with Crippen molar-refractivity contribution in [3.63, 3.8) is 0 Å². The number of carbonyl (C=O) groups excluding carboxylic acids is 2. The predicted octanol–water partition coefficient (Wildman–Crippen LogP) is 9.67. The van der Waals surface area contributed by atoms with Gasteiger partial charge in [0.1, 0.15) is 24.1 Å². The Morgan fingerprint density at radius 3 is 2.34 bits per heavy atom. The predicted molar refractivity (Wildman–Crippen MR) is 260 cm³/mol. The number of nitrogens with one attached hydrogen (secondary N) is 1. The van der Waals surface area contributed by atoms with Gasteiger partial charge in [0.15, 0.2) is 0 Å². The van der Waals surface area contributed by atoms with Gasteiger partial charge in [-0.1, -0.05) is 97.7 Å². The monoisotopic (exact) mass is 926 g/mol. The first-order chi connectivity index (χ1) is 33.2. The molecule has 1 saturated carbocycles. The molecule has 0 bridgehead atoms. The van der Waals surface area contributed by atoms with Crippen molar-refractivity contribution in [3.05, 3.63) is 166 Å². The van der Waals surface area contributed by atoms with E-state index in [9.17, 15) is 29.9 Å². The highest BCUT2D eigenvalue weighted by Crippen LogP contribution is 2.62. The molecule has 2 amide bonds. The fourth-order valence-electron chi connectivity index (χ4n) is 10.0. The summed E-state index contributed by atoms with van der Waals surface area (Å²) in [5.74, 6) is -1.94. The summed E-state index contributed by atoms with van der Waals surface area (Å²) in [6.45, 7) is 7.03. The van der Waals surface area contributed by atoms with E-state index in [-0.39, 0.29) is 68.7 Å². The van der Waals surface area contributed by atoms with E-state index >= 15 is 0 Å². The van der Waals surface area contributed by atoms with Crippen molar-refractivity contribution in [2.24, 2.45) is 22.9 Å². The topological polar surface area (TPSA) is 182 Å². The first-order valence-corrected chi connectivity index (χ1v) is 23.7. The van der Waals surface area contributed by atoms with Crippen LogP contribution >= 0.6 is 0 Å². The van der Waals surface area contributed by atoms with Gasteiger partial charge in [-0.05, 0) is 103 Å². The maximum Gasteiger partial charge on any atom is 0.412 e. The number of ether oxygens (including phenoxy) is 3. The Hall–Kier alpha value is -6.61. The van der Waals surface area contributed by atoms with E-state index in [1.54, 1.807) is 41.3 Å². The molecule has 0 unspecified atom stereocenters. The number of nitrogens with zero attached hydrogens (tertiary/aromatic N) is 3. The summed E-state index contributed by atoms with van der Waals surface area (Å²) in [5.41, 5.74) is 4.75. The first-order valence-electron chi connectivity index (χ1n) is 23.7. The van der Waals surface area contributed by atoms with Gasteiger partial charge in [-0.2, -0.15) is 0 Å². The molecule has 7 rings (SSSR count). The second-order valence-electron chi connectivity index (χ2n) is 17.5. The highest BCUT2D eigenvalue weighted by atomic mass is 16.7. The SMILES string of the molecule is C=CCO[C@@]12Oc3ccc(OC(=O)NCc4ccccc4)cc3[C@H]3[C@H](CCCCO)[C@@H](CCCCO)C=C(C(=NOCc4ccccc4)C[C@@H]1N(CCC)C(=O)C=Cc1ccc([N+](=O)[O-])cc1)[C@H]32. The number of unbranched alkanes of at least 4 members (excludes halogenated alkanes) is 2. The highest BCUT2D eigenvalue weighted by Gasteiger charge is 2.65. The summed E-state index contributed by atoms with van der Waals surface area (Å²) in [7, 11) is 0. The van der Waals surface area contributed by atoms with E-state index in [1.807, 2.05) is 73.7 Å². The van der Waals surface area contributed by atoms with Crippen LogP contribution in [0.4, 0.5) is 10.5 Å². The smallest absolute Gasteiger partial charge is 0.412 e. The molecule has 1 heterocycles. The number of aliphatic hydroxyl groups is 2. The number of carbonyl (C=O) groups is 2. The molecular weight excluding hydrogens is 865 g/mol. The number of nitro benzene ring substituents is 1. The number of hydrogen-bond donors (Lipinski definition) is 3. The van der Waals surface area contributed by atoms with Crippen molar-refractivity contribution < 1.29 is 43.8 Å². The number of aliphatic hydroxyl groups excluding tert-OH is 2. The largest absolute Gasteiger partial charge is 0.459 e. The van der Waals surface area contributed by atoms with Crippen LogP contribution in [-0.4, -0.2) is 75.9 Å². The van der Waals surface area contributed by atoms with Crippen LogP contribution in [0.25, 0.3) is 6.08 Å². The summed E-state index contributed by atoms with van der Waals surface area (Å²) < 4.78 is 20.4. The summed E-state index contributed by atoms with van der Waals surface area (Å²) in [6.07, 6.45) is 11.5. The Morgan fingerprint density at radius 2 is 1.66 bits per heavy atom. The second kappa shape index (κ2) is 23.9. The fraction of sp³-hybridized carbons (Fsp3) is 0.389. The van der Waals surface area contributed by atoms with Crippen LogP contribution in [0.2, 0.25) is 0 Å². The van der Waals surface area contributed by atoms with Crippen molar-refractivity contribution in [2.45, 2.75) is 89.2 Å². The van der Waals surface area contributed by atoms with E-state index < -0.39 is 28.8 Å². The van der Waals surface area contributed by atoms with Crippen LogP contribution in [0, 0.1) is 27.9 Å². The molecule has 358 valence electrons. The standard InChI is InChI=1S/C54H62N4O10/c1-3-29-57(50(61)28-23-38-21-24-42(25-22-38)58(63)64)49-35-47(56-66-37-40-17-9-6-10-18-40)45-33-41(19-11-13-30-59)44(20-12-14-31-60)51-46-34-43(67-53(62)55-36-39-15-7-5-8-16-39)26-27-48(46)68-54(49,52(45)51)65-32-4-2/h4-10,15-18,21-28,33-34,41,44,49,51-52,59-60H,2-3,11-14,19-20,29-32,35-37H2,1H3,(H,55,62)/t41-,44+,49-,51+,52+,54+/m0/s1. The molecule has 2 aliphatic carbocycles. The molecule has 4 aromatic carbocycles. The zero-order valence-corrected chi connectivity index (χ0v) is 38.6. The molecule has 6 atom stereocenters. The molecule has 3 aliphatic rings. The third-order valence-electron chi connectivity index (χ3n) is 13.0. The molecule has 14 heteroatoms. The van der Waals surface area contributed by atoms with E-state index in [0.717, 1.165) is 47.9 Å². The number of oxime groups is 1. The Bertz CT molecular complexity index is 2420. The third kappa shape index (κ3) is 11.7. The Labute approximate surface area is 398 Å². The molecule has 1 aliphatic heterocycles. The lowest BCUT2D eigenvalue weighted by molar-refractivity contribution is -0.384. The number of amides is 2. The summed E-state index contributed by atoms with van der Waals surface area (Å²) in [6, 6.07) is 29.9. The molecule has 0 radical (unpaired) electrons. The second-order valence-corrected chi connectivity index (χ2v) is 17.5. The molecule has 1 fully saturated rings. The van der Waals surface area contributed by atoms with Crippen molar-refractivity contribution >= 4 is 29.5 Å². The maximum absolute atomic E-state index is 14.8. The highest BCUT2D eigenvalue weighted by molar-refractivity contribution is 6.03. The lowest BCUT2D eigenvalue weighted by Crippen LogP contribution is -2.70. The van der Waals surface area contributed by atoms with Gasteiger partial charge < -0.3 is 39.5 Å². The van der Waals surface area contributed by atoms with Gasteiger partial charge >= 0.3 is 6.09 Å². The minimum atomic E-state index is -1.50. The summed E-state index contributed by atoms with van der Waals surface area (Å²) >= 11 is 0. The van der Waals surface area contributed by atoms with Crippen LogP contribution in [0.5, 0.6) is 11.5 Å². The Morgan fingerprint density at radius 1 is 0.956 bits per heavy atom. The van der Waals surface area contributed by atoms with Crippen molar-refractivity contribution in [1.82, 2.24) is 10.2 Å². The zero-order chi connectivity index (χ0) is 47.9. The molecular formula is C54H62N4O10. The van der Waals surface area contributed by atoms with Gasteiger partial charge in [0.25, 0.3) is 5.69 Å². The average Bonchev–Trinajstić information content (AvgIpc) is 3.35. The van der Waals surface area contributed by atoms with Gasteiger partial charge in [-0.3, -0.25) is 14.9 Å². The molecule has 0 spiro atoms. The van der Waals surface area contributed by atoms with Gasteiger partial charge in [0.2, 0.25) is 11.7 Å². The average molecular weight is 927 g/mol. The van der Waals surface area contributed by atoms with Crippen molar-refractivity contribution in [1.29, 1.82) is 0 Å². The minimum absolute atomic E-state index is 0.00725. The van der Waals surface area contributed by atoms with Crippen LogP contribution in [-0.2, 0) is 27.5 Å². The molecule has 0 aromatic heterocycles. The Balaban J connectivity index is 1.38. The van der Waals surface area contributed by atoms with E-state index in [4.69, 9.17) is 24.2 Å². The van der Waals surface area contributed by atoms with E-state index in [2.05, 4.69) is 18.0 Å². The zero-order valence-electron chi connectivity index (χ0n) is 38.6. The number of hydrogen-bond acceptors (Lipinski definition) is 11. The van der Waals surface area contributed by atoms with Gasteiger partial charge in [0.05, 0.1) is 23.2 Å². The molecule has 68 heavy (non-hydrogen) atoms. The van der Waals surface area contributed by atoms with Crippen molar-refractivity contribution in [3.8, 4) is 11.5 Å². The van der Waals surface area contributed by atoms with Gasteiger partial charge in [0, 0.05) is 62.4 Å².